The fourth-order valence-electron chi connectivity index (χ4n) is 1.60. The van der Waals surface area contributed by atoms with Crippen LogP contribution >= 0.6 is 9.69 Å². The molecule has 104 valence electrons. The number of hydrogen-bond donors (Lipinski definition) is 0. The van der Waals surface area contributed by atoms with Gasteiger partial charge in [-0.3, -0.25) is 4.98 Å². The summed E-state index contributed by atoms with van der Waals surface area (Å²) in [5, 5.41) is 8.20. The van der Waals surface area contributed by atoms with Gasteiger partial charge in [0.15, 0.2) is 0 Å². The molecule has 20 heavy (non-hydrogen) atoms. The topological polar surface area (TPSA) is 43.6 Å². The van der Waals surface area contributed by atoms with E-state index >= 15 is 0 Å². The van der Waals surface area contributed by atoms with E-state index in [1.165, 1.54) is 0 Å². The molecule has 0 spiro atoms. The molecule has 0 atom stereocenters. The van der Waals surface area contributed by atoms with Crippen LogP contribution < -0.4 is 0 Å². The molecule has 3 aromatic rings. The Labute approximate surface area is 132 Å². The molecule has 6 heteroatoms. The summed E-state index contributed by atoms with van der Waals surface area (Å²) in [4.78, 5) is 4.24. The third-order valence-electron chi connectivity index (χ3n) is 2.44. The maximum atomic E-state index is 4.57. The van der Waals surface area contributed by atoms with Crippen LogP contribution in [0.3, 0.4) is 0 Å². The van der Waals surface area contributed by atoms with Crippen molar-refractivity contribution in [1.29, 1.82) is 0 Å². The standard InChI is InChI=1S/C13H10N4.CH3.ClH.Ru/c1-2-6-11(7-3-1)17-10-13(15-16-17)12-8-4-5-9-14-12;;;/h1-10H;1H3;1H;/q;-1;;+2/p-1. The van der Waals surface area contributed by atoms with Crippen LogP contribution in [-0.4, -0.2) is 20.0 Å². The van der Waals surface area contributed by atoms with Gasteiger partial charge in [-0.25, -0.2) is 4.68 Å². The molecule has 2 heterocycles. The summed E-state index contributed by atoms with van der Waals surface area (Å²) in [6.07, 6.45) is 3.62. The van der Waals surface area contributed by atoms with Gasteiger partial charge in [-0.15, -0.1) is 5.10 Å². The molecule has 4 nitrogen and oxygen atoms in total. The summed E-state index contributed by atoms with van der Waals surface area (Å²) in [7, 11) is 4.57. The van der Waals surface area contributed by atoms with Crippen molar-refractivity contribution >= 4 is 9.69 Å². The summed E-state index contributed by atoms with van der Waals surface area (Å²) in [6, 6.07) is 15.6. The van der Waals surface area contributed by atoms with Crippen LogP contribution in [0.4, 0.5) is 0 Å². The normalized spacial score (nSPS) is 9.10. The van der Waals surface area contributed by atoms with E-state index in [9.17, 15) is 0 Å². The first-order valence-corrected chi connectivity index (χ1v) is 7.70. The van der Waals surface area contributed by atoms with Crippen molar-refractivity contribution in [1.82, 2.24) is 20.0 Å². The molecule has 0 aliphatic rings. The van der Waals surface area contributed by atoms with E-state index in [-0.39, 0.29) is 7.43 Å². The number of hydrogen-bond acceptors (Lipinski definition) is 3. The van der Waals surface area contributed by atoms with Crippen molar-refractivity contribution in [3.05, 3.63) is 68.4 Å². The predicted molar refractivity (Wildman–Crippen MR) is 76.9 cm³/mol. The molecular weight excluding hydrogens is 361 g/mol. The van der Waals surface area contributed by atoms with Crippen molar-refractivity contribution in [2.24, 2.45) is 0 Å². The molecule has 2 aromatic heterocycles. The zero-order chi connectivity index (χ0) is 13.5. The molecule has 0 aliphatic carbocycles. The van der Waals surface area contributed by atoms with Crippen LogP contribution in [0.5, 0.6) is 0 Å². The largest absolute Gasteiger partial charge is 0.254 e. The zero-order valence-corrected chi connectivity index (χ0v) is 13.3. The number of aromatic nitrogens is 4. The Kier molecular flexibility index (Phi) is 7.06. The summed E-state index contributed by atoms with van der Waals surface area (Å²) in [6.45, 7) is 0. The van der Waals surface area contributed by atoms with Crippen LogP contribution in [-0.2, 0) is 17.3 Å². The summed E-state index contributed by atoms with van der Waals surface area (Å²) in [5.74, 6) is 0. The minimum absolute atomic E-state index is 0. The molecule has 0 saturated carbocycles. The average Bonchev–Trinajstić information content (AvgIpc) is 3.01. The third kappa shape index (κ3) is 3.96. The Balaban J connectivity index is 0.000000639. The summed E-state index contributed by atoms with van der Waals surface area (Å²) < 4.78 is 1.74. The first-order chi connectivity index (χ1) is 9.43. The second-order valence-corrected chi connectivity index (χ2v) is 3.60. The Hall–Kier alpha value is -1.58. The van der Waals surface area contributed by atoms with Crippen LogP contribution in [0.15, 0.2) is 60.9 Å². The first-order valence-electron chi connectivity index (χ1n) is 5.46. The van der Waals surface area contributed by atoms with Gasteiger partial charge in [-0.2, -0.15) is 0 Å². The Morgan fingerprint density at radius 1 is 0.900 bits per heavy atom. The second-order valence-electron chi connectivity index (χ2n) is 3.60. The minimum Gasteiger partial charge on any atom is -0.254 e. The van der Waals surface area contributed by atoms with Crippen molar-refractivity contribution in [3.8, 4) is 17.1 Å². The van der Waals surface area contributed by atoms with Crippen molar-refractivity contribution in [2.75, 3.05) is 0 Å². The van der Waals surface area contributed by atoms with Gasteiger partial charge < -0.3 is 7.43 Å². The smallest absolute Gasteiger partial charge is 0.131 e. The van der Waals surface area contributed by atoms with Gasteiger partial charge in [0.2, 0.25) is 0 Å². The average molecular weight is 374 g/mol. The number of rotatable bonds is 2. The predicted octanol–water partition coefficient (Wildman–Crippen LogP) is 3.47. The SMILES string of the molecule is [CH3-].[Cl][Ru+].c1ccc(-n2cc(-c3ccccn3)nn2)cc1. The summed E-state index contributed by atoms with van der Waals surface area (Å²) in [5.41, 5.74) is 2.59. The molecule has 0 saturated heterocycles. The van der Waals surface area contributed by atoms with E-state index in [0.717, 1.165) is 17.1 Å². The van der Waals surface area contributed by atoms with Crippen LogP contribution in [0.2, 0.25) is 0 Å². The Bertz CT molecular complexity index is 559. The zero-order valence-electron chi connectivity index (χ0n) is 10.8. The molecular formula is C14H13ClN4Ru. The van der Waals surface area contributed by atoms with Crippen molar-refractivity contribution < 1.29 is 17.3 Å². The summed E-state index contributed by atoms with van der Waals surface area (Å²) >= 11 is 1.82. The Morgan fingerprint density at radius 2 is 1.60 bits per heavy atom. The van der Waals surface area contributed by atoms with Crippen LogP contribution in [0, 0.1) is 7.43 Å². The number of nitrogens with zero attached hydrogens (tertiary/aromatic N) is 4. The quantitative estimate of drug-likeness (QED) is 0.510. The number of pyridine rings is 1. The molecule has 1 aromatic carbocycles. The number of benzene rings is 1. The molecule has 0 unspecified atom stereocenters. The van der Waals surface area contributed by atoms with Gasteiger partial charge in [0.05, 0.1) is 17.6 Å². The molecule has 0 radical (unpaired) electrons. The van der Waals surface area contributed by atoms with Gasteiger partial charge in [-0.05, 0) is 24.3 Å². The van der Waals surface area contributed by atoms with Gasteiger partial charge >= 0.3 is 27.0 Å². The van der Waals surface area contributed by atoms with Crippen molar-refractivity contribution in [3.63, 3.8) is 0 Å². The van der Waals surface area contributed by atoms with Gasteiger partial charge in [0, 0.05) is 6.20 Å². The Morgan fingerprint density at radius 3 is 2.25 bits per heavy atom. The fourth-order valence-corrected chi connectivity index (χ4v) is 1.60. The maximum absolute atomic E-state index is 4.57. The molecule has 0 bridgehead atoms. The molecule has 3 rings (SSSR count). The van der Waals surface area contributed by atoms with E-state index in [2.05, 4.69) is 25.0 Å². The number of halogens is 1. The van der Waals surface area contributed by atoms with Gasteiger partial charge in [0.1, 0.15) is 5.69 Å². The third-order valence-corrected chi connectivity index (χ3v) is 2.44. The van der Waals surface area contributed by atoms with Crippen LogP contribution in [0.25, 0.3) is 17.1 Å². The fraction of sp³-hybridized carbons (Fsp3) is 0. The molecule has 0 fully saturated rings. The van der Waals surface area contributed by atoms with E-state index < -0.39 is 0 Å². The molecule has 0 N–H and O–H groups in total. The van der Waals surface area contributed by atoms with Gasteiger partial charge in [0.25, 0.3) is 0 Å². The van der Waals surface area contributed by atoms with E-state index in [1.807, 2.05) is 72.0 Å². The number of para-hydroxylation sites is 1. The molecule has 0 aliphatic heterocycles. The first kappa shape index (κ1) is 16.5. The second kappa shape index (κ2) is 8.57. The van der Waals surface area contributed by atoms with E-state index in [4.69, 9.17) is 0 Å². The van der Waals surface area contributed by atoms with Gasteiger partial charge in [-0.1, -0.05) is 29.5 Å². The minimum atomic E-state index is 0. The monoisotopic (exact) mass is 374 g/mol. The maximum Gasteiger partial charge on any atom is 0.131 e. The molecule has 0 amide bonds. The van der Waals surface area contributed by atoms with E-state index in [1.54, 1.807) is 10.9 Å². The van der Waals surface area contributed by atoms with Crippen molar-refractivity contribution in [2.45, 2.75) is 0 Å². The van der Waals surface area contributed by atoms with E-state index in [0.29, 0.717) is 0 Å². The van der Waals surface area contributed by atoms with Crippen LogP contribution in [0.1, 0.15) is 0 Å².